The number of hydrogen-bond acceptors (Lipinski definition) is 5. The molecule has 3 rings (SSSR count). The normalized spacial score (nSPS) is 10.7. The average molecular weight is 330 g/mol. The molecule has 1 heterocycles. The number of methoxy groups -OCH3 is 1. The van der Waals surface area contributed by atoms with Crippen LogP contribution in [0.1, 0.15) is 10.4 Å². The van der Waals surface area contributed by atoms with Gasteiger partial charge in [-0.25, -0.2) is 9.18 Å². The fourth-order valence-corrected chi connectivity index (χ4v) is 3.17. The lowest BCUT2D eigenvalue weighted by molar-refractivity contribution is 0.0597. The third kappa shape index (κ3) is 2.68. The lowest BCUT2D eigenvalue weighted by Gasteiger charge is -2.06. The number of fused-ring (bicyclic) bond motifs is 1. The number of halogens is 1. The molecule has 4 nitrogen and oxygen atoms in total. The van der Waals surface area contributed by atoms with E-state index < -0.39 is 11.4 Å². The molecular formula is C17H11FO4S. The van der Waals surface area contributed by atoms with E-state index in [9.17, 15) is 19.1 Å². The number of benzene rings is 2. The number of ether oxygens (including phenoxy) is 1. The van der Waals surface area contributed by atoms with E-state index >= 15 is 0 Å². The predicted octanol–water partition coefficient (Wildman–Crippen LogP) is 3.56. The number of esters is 1. The summed E-state index contributed by atoms with van der Waals surface area (Å²) in [4.78, 5) is 24.1. The maximum atomic E-state index is 13.0. The minimum Gasteiger partial charge on any atom is -0.499 e. The van der Waals surface area contributed by atoms with Gasteiger partial charge in [0.2, 0.25) is 5.43 Å². The van der Waals surface area contributed by atoms with E-state index in [1.165, 1.54) is 12.1 Å². The van der Waals surface area contributed by atoms with Gasteiger partial charge in [-0.3, -0.25) is 4.79 Å². The van der Waals surface area contributed by atoms with E-state index in [1.807, 2.05) is 0 Å². The van der Waals surface area contributed by atoms with Crippen molar-refractivity contribution in [2.24, 2.45) is 0 Å². The Morgan fingerprint density at radius 2 is 1.78 bits per heavy atom. The van der Waals surface area contributed by atoms with Crippen LogP contribution in [0.3, 0.4) is 0 Å². The van der Waals surface area contributed by atoms with Gasteiger partial charge in [-0.05, 0) is 35.4 Å². The summed E-state index contributed by atoms with van der Waals surface area (Å²) in [6.45, 7) is 0. The standard InChI is InChI=1S/C17H11FO4S/c1-22-16(20)14-15(19)12-8-10(4-7-13(12)23-17(14)21)9-2-5-11(18)6-3-9/h2-8,21H,1H3. The zero-order valence-corrected chi connectivity index (χ0v) is 12.8. The Balaban J connectivity index is 2.24. The lowest BCUT2D eigenvalue weighted by Crippen LogP contribution is -2.15. The van der Waals surface area contributed by atoms with E-state index in [2.05, 4.69) is 4.74 Å². The topological polar surface area (TPSA) is 63.6 Å². The molecule has 0 aliphatic heterocycles. The number of rotatable bonds is 2. The van der Waals surface area contributed by atoms with Gasteiger partial charge in [-0.15, -0.1) is 0 Å². The summed E-state index contributed by atoms with van der Waals surface area (Å²) in [6, 6.07) is 10.9. The van der Waals surface area contributed by atoms with Gasteiger partial charge < -0.3 is 9.84 Å². The highest BCUT2D eigenvalue weighted by molar-refractivity contribution is 7.20. The van der Waals surface area contributed by atoms with Crippen molar-refractivity contribution >= 4 is 27.4 Å². The molecule has 1 aromatic heterocycles. The molecule has 1 N–H and O–H groups in total. The van der Waals surface area contributed by atoms with Crippen molar-refractivity contribution in [1.82, 2.24) is 0 Å². The summed E-state index contributed by atoms with van der Waals surface area (Å²) in [7, 11) is 1.14. The highest BCUT2D eigenvalue weighted by atomic mass is 32.1. The van der Waals surface area contributed by atoms with Gasteiger partial charge in [0, 0.05) is 10.1 Å². The van der Waals surface area contributed by atoms with Crippen LogP contribution < -0.4 is 5.43 Å². The summed E-state index contributed by atoms with van der Waals surface area (Å²) in [5.74, 6) is -1.22. The van der Waals surface area contributed by atoms with E-state index in [4.69, 9.17) is 0 Å². The van der Waals surface area contributed by atoms with E-state index in [0.717, 1.165) is 24.0 Å². The van der Waals surface area contributed by atoms with Crippen molar-refractivity contribution < 1.29 is 19.0 Å². The first kappa shape index (κ1) is 15.2. The Hall–Kier alpha value is -2.73. The van der Waals surface area contributed by atoms with Crippen LogP contribution in [0.2, 0.25) is 0 Å². The van der Waals surface area contributed by atoms with Gasteiger partial charge in [0.15, 0.2) is 10.6 Å². The van der Waals surface area contributed by atoms with E-state index in [-0.39, 0.29) is 16.4 Å². The smallest absolute Gasteiger partial charge is 0.346 e. The summed E-state index contributed by atoms with van der Waals surface area (Å²) in [5.41, 5.74) is 0.488. The summed E-state index contributed by atoms with van der Waals surface area (Å²) >= 11 is 0.927. The molecule has 0 aliphatic rings. The molecule has 2 aromatic carbocycles. The third-order valence-corrected chi connectivity index (χ3v) is 4.41. The van der Waals surface area contributed by atoms with Gasteiger partial charge in [-0.2, -0.15) is 0 Å². The number of hydrogen-bond donors (Lipinski definition) is 1. The molecule has 0 radical (unpaired) electrons. The van der Waals surface area contributed by atoms with Crippen LogP contribution in [0.15, 0.2) is 47.3 Å². The van der Waals surface area contributed by atoms with Gasteiger partial charge in [0.25, 0.3) is 0 Å². The van der Waals surface area contributed by atoms with Crippen molar-refractivity contribution in [3.8, 4) is 16.2 Å². The first-order valence-electron chi connectivity index (χ1n) is 6.65. The minimum absolute atomic E-state index is 0.301. The zero-order valence-electron chi connectivity index (χ0n) is 12.0. The fourth-order valence-electron chi connectivity index (χ4n) is 2.29. The lowest BCUT2D eigenvalue weighted by atomic mass is 10.0. The molecule has 0 atom stereocenters. The largest absolute Gasteiger partial charge is 0.499 e. The Bertz CT molecular complexity index is 961. The Morgan fingerprint density at radius 1 is 1.13 bits per heavy atom. The molecule has 3 aromatic rings. The molecule has 0 fully saturated rings. The van der Waals surface area contributed by atoms with E-state index in [0.29, 0.717) is 15.6 Å². The molecule has 0 saturated carbocycles. The zero-order chi connectivity index (χ0) is 16.6. The van der Waals surface area contributed by atoms with Crippen molar-refractivity contribution in [3.63, 3.8) is 0 Å². The van der Waals surface area contributed by atoms with E-state index in [1.54, 1.807) is 30.3 Å². The number of carbonyl (C=O) groups excluding carboxylic acids is 1. The molecular weight excluding hydrogens is 319 g/mol. The molecule has 0 unspecified atom stereocenters. The molecule has 0 aliphatic carbocycles. The summed E-state index contributed by atoms with van der Waals surface area (Å²) in [6.07, 6.45) is 0. The van der Waals surface area contributed by atoms with Gasteiger partial charge in [0.05, 0.1) is 7.11 Å². The molecule has 0 spiro atoms. The summed E-state index contributed by atoms with van der Waals surface area (Å²) < 4.78 is 18.1. The monoisotopic (exact) mass is 330 g/mol. The fraction of sp³-hybridized carbons (Fsp3) is 0.0588. The maximum Gasteiger partial charge on any atom is 0.346 e. The molecule has 116 valence electrons. The first-order chi connectivity index (χ1) is 11.0. The predicted molar refractivity (Wildman–Crippen MR) is 86.5 cm³/mol. The molecule has 0 saturated heterocycles. The Labute approximate surface area is 134 Å². The van der Waals surface area contributed by atoms with Crippen LogP contribution >= 0.6 is 11.3 Å². The Kier molecular flexibility index (Phi) is 3.83. The minimum atomic E-state index is -0.877. The van der Waals surface area contributed by atoms with Gasteiger partial charge >= 0.3 is 5.97 Å². The second kappa shape index (κ2) is 5.81. The highest BCUT2D eigenvalue weighted by Crippen LogP contribution is 2.31. The van der Waals surface area contributed by atoms with Crippen molar-refractivity contribution in [2.45, 2.75) is 0 Å². The highest BCUT2D eigenvalue weighted by Gasteiger charge is 2.20. The second-order valence-electron chi connectivity index (χ2n) is 4.82. The molecule has 23 heavy (non-hydrogen) atoms. The average Bonchev–Trinajstić information content (AvgIpc) is 2.55. The van der Waals surface area contributed by atoms with Crippen LogP contribution in [-0.4, -0.2) is 18.2 Å². The third-order valence-electron chi connectivity index (χ3n) is 3.44. The van der Waals surface area contributed by atoms with Crippen LogP contribution in [0, 0.1) is 5.82 Å². The Morgan fingerprint density at radius 3 is 2.43 bits per heavy atom. The van der Waals surface area contributed by atoms with Gasteiger partial charge in [-0.1, -0.05) is 29.5 Å². The second-order valence-corrected chi connectivity index (χ2v) is 5.85. The van der Waals surface area contributed by atoms with Crippen LogP contribution in [0.25, 0.3) is 21.2 Å². The molecule has 0 amide bonds. The van der Waals surface area contributed by atoms with Crippen molar-refractivity contribution in [3.05, 3.63) is 64.1 Å². The van der Waals surface area contributed by atoms with Crippen molar-refractivity contribution in [1.29, 1.82) is 0 Å². The molecule has 0 bridgehead atoms. The van der Waals surface area contributed by atoms with Crippen LogP contribution in [0.5, 0.6) is 5.06 Å². The van der Waals surface area contributed by atoms with Crippen molar-refractivity contribution in [2.75, 3.05) is 7.11 Å². The van der Waals surface area contributed by atoms with Crippen LogP contribution in [-0.2, 0) is 4.74 Å². The molecule has 6 heteroatoms. The quantitative estimate of drug-likeness (QED) is 0.730. The number of carbonyl (C=O) groups is 1. The maximum absolute atomic E-state index is 13.0. The summed E-state index contributed by atoms with van der Waals surface area (Å²) in [5, 5.41) is 9.81. The number of aromatic hydroxyl groups is 1. The SMILES string of the molecule is COC(=O)c1c(O)sc2ccc(-c3ccc(F)cc3)cc2c1=O. The first-order valence-corrected chi connectivity index (χ1v) is 7.47. The van der Waals surface area contributed by atoms with Gasteiger partial charge in [0.1, 0.15) is 5.82 Å². The van der Waals surface area contributed by atoms with Crippen LogP contribution in [0.4, 0.5) is 4.39 Å².